The number of primary amides is 1. The lowest BCUT2D eigenvalue weighted by molar-refractivity contribution is -0.123. The second-order valence-corrected chi connectivity index (χ2v) is 4.38. The lowest BCUT2D eigenvalue weighted by atomic mass is 10.2. The van der Waals surface area contributed by atoms with Crippen LogP contribution in [0.1, 0.15) is 17.5 Å². The Bertz CT molecular complexity index is 422. The van der Waals surface area contributed by atoms with Gasteiger partial charge in [0.15, 0.2) is 5.76 Å². The Morgan fingerprint density at radius 1 is 1.33 bits per heavy atom. The van der Waals surface area contributed by atoms with E-state index in [1.807, 2.05) is 4.90 Å². The molecule has 98 valence electrons. The summed E-state index contributed by atoms with van der Waals surface area (Å²) in [5.41, 5.74) is 5.26. The second-order valence-electron chi connectivity index (χ2n) is 4.38. The van der Waals surface area contributed by atoms with Gasteiger partial charge in [-0.2, -0.15) is 0 Å². The minimum Gasteiger partial charge on any atom is -0.459 e. The number of carbonyl (C=O) groups is 2. The predicted molar refractivity (Wildman–Crippen MR) is 64.8 cm³/mol. The van der Waals surface area contributed by atoms with E-state index in [-0.39, 0.29) is 17.9 Å². The normalized spacial score (nSPS) is 18.6. The first-order chi connectivity index (χ1) is 8.59. The summed E-state index contributed by atoms with van der Waals surface area (Å²) in [5, 5.41) is 0. The topological polar surface area (TPSA) is 79.8 Å². The number of hydrogen-bond acceptors (Lipinski definition) is 4. The number of nitrogens with two attached hydrogens (primary N) is 1. The van der Waals surface area contributed by atoms with Crippen molar-refractivity contribution in [3.63, 3.8) is 0 Å². The Labute approximate surface area is 105 Å². The number of nitrogens with zero attached hydrogens (tertiary/aromatic N) is 2. The monoisotopic (exact) mass is 251 g/mol. The fourth-order valence-corrected chi connectivity index (χ4v) is 2.05. The molecule has 6 nitrogen and oxygen atoms in total. The Kier molecular flexibility index (Phi) is 3.66. The summed E-state index contributed by atoms with van der Waals surface area (Å²) in [5.74, 6) is -0.0846. The van der Waals surface area contributed by atoms with Crippen molar-refractivity contribution in [2.24, 2.45) is 5.73 Å². The van der Waals surface area contributed by atoms with Crippen molar-refractivity contribution in [1.29, 1.82) is 0 Å². The molecule has 1 saturated heterocycles. The van der Waals surface area contributed by atoms with Crippen molar-refractivity contribution in [2.75, 3.05) is 26.2 Å². The second kappa shape index (κ2) is 5.22. The van der Waals surface area contributed by atoms with Crippen LogP contribution in [0, 0.1) is 0 Å². The summed E-state index contributed by atoms with van der Waals surface area (Å²) >= 11 is 0. The van der Waals surface area contributed by atoms with Crippen LogP contribution in [0.25, 0.3) is 0 Å². The third-order valence-corrected chi connectivity index (χ3v) is 3.29. The van der Waals surface area contributed by atoms with Gasteiger partial charge in [0, 0.05) is 26.2 Å². The van der Waals surface area contributed by atoms with Crippen LogP contribution in [0.5, 0.6) is 0 Å². The summed E-state index contributed by atoms with van der Waals surface area (Å²) < 4.78 is 5.08. The van der Waals surface area contributed by atoms with E-state index in [0.717, 1.165) is 0 Å². The molecule has 1 aliphatic rings. The molecular formula is C12H17N3O3. The van der Waals surface area contributed by atoms with E-state index in [1.165, 1.54) is 6.26 Å². The highest BCUT2D eigenvalue weighted by Gasteiger charge is 2.27. The SMILES string of the molecule is CC(C(N)=O)N1CCN(C(=O)c2ccco2)CC1. The first-order valence-corrected chi connectivity index (χ1v) is 5.95. The van der Waals surface area contributed by atoms with Crippen molar-refractivity contribution < 1.29 is 14.0 Å². The zero-order valence-electron chi connectivity index (χ0n) is 10.3. The van der Waals surface area contributed by atoms with Crippen molar-refractivity contribution >= 4 is 11.8 Å². The average molecular weight is 251 g/mol. The molecule has 2 rings (SSSR count). The summed E-state index contributed by atoms with van der Waals surface area (Å²) in [6.45, 7) is 4.24. The maximum atomic E-state index is 12.0. The molecule has 0 spiro atoms. The van der Waals surface area contributed by atoms with E-state index < -0.39 is 0 Å². The molecule has 1 aromatic heterocycles. The molecule has 2 amide bonds. The van der Waals surface area contributed by atoms with Gasteiger partial charge in [-0.15, -0.1) is 0 Å². The van der Waals surface area contributed by atoms with E-state index >= 15 is 0 Å². The maximum Gasteiger partial charge on any atom is 0.289 e. The molecule has 2 N–H and O–H groups in total. The molecule has 1 fully saturated rings. The molecule has 18 heavy (non-hydrogen) atoms. The number of rotatable bonds is 3. The van der Waals surface area contributed by atoms with Gasteiger partial charge in [0.05, 0.1) is 12.3 Å². The molecule has 1 aromatic rings. The van der Waals surface area contributed by atoms with Gasteiger partial charge in [-0.25, -0.2) is 0 Å². The minimum absolute atomic E-state index is 0.105. The molecule has 0 aromatic carbocycles. The lowest BCUT2D eigenvalue weighted by Crippen LogP contribution is -2.54. The Morgan fingerprint density at radius 3 is 2.50 bits per heavy atom. The predicted octanol–water partition coefficient (Wildman–Crippen LogP) is -0.0888. The number of carbonyl (C=O) groups excluding carboxylic acids is 2. The van der Waals surface area contributed by atoms with Crippen molar-refractivity contribution in [1.82, 2.24) is 9.80 Å². The van der Waals surface area contributed by atoms with Gasteiger partial charge in [0.1, 0.15) is 0 Å². The molecule has 0 saturated carbocycles. The molecule has 6 heteroatoms. The van der Waals surface area contributed by atoms with E-state index in [0.29, 0.717) is 31.9 Å². The van der Waals surface area contributed by atoms with Crippen molar-refractivity contribution in [2.45, 2.75) is 13.0 Å². The number of hydrogen-bond donors (Lipinski definition) is 1. The van der Waals surface area contributed by atoms with E-state index in [1.54, 1.807) is 24.0 Å². The highest BCUT2D eigenvalue weighted by Crippen LogP contribution is 2.11. The van der Waals surface area contributed by atoms with Crippen molar-refractivity contribution in [3.8, 4) is 0 Å². The first-order valence-electron chi connectivity index (χ1n) is 5.95. The molecule has 0 bridgehead atoms. The fourth-order valence-electron chi connectivity index (χ4n) is 2.05. The van der Waals surface area contributed by atoms with Gasteiger partial charge in [-0.05, 0) is 19.1 Å². The number of piperazine rings is 1. The van der Waals surface area contributed by atoms with Crippen LogP contribution >= 0.6 is 0 Å². The van der Waals surface area contributed by atoms with Gasteiger partial charge in [0.25, 0.3) is 5.91 Å². The highest BCUT2D eigenvalue weighted by molar-refractivity contribution is 5.91. The Balaban J connectivity index is 1.91. The largest absolute Gasteiger partial charge is 0.459 e. The van der Waals surface area contributed by atoms with Crippen LogP contribution in [0.4, 0.5) is 0 Å². The quantitative estimate of drug-likeness (QED) is 0.814. The summed E-state index contributed by atoms with van der Waals surface area (Å²) in [7, 11) is 0. The third-order valence-electron chi connectivity index (χ3n) is 3.29. The summed E-state index contributed by atoms with van der Waals surface area (Å²) in [6.07, 6.45) is 1.48. The fraction of sp³-hybridized carbons (Fsp3) is 0.500. The zero-order valence-corrected chi connectivity index (χ0v) is 10.3. The standard InChI is InChI=1S/C12H17N3O3/c1-9(11(13)16)14-4-6-15(7-5-14)12(17)10-3-2-8-18-10/h2-3,8-9H,4-7H2,1H3,(H2,13,16). The van der Waals surface area contributed by atoms with Crippen LogP contribution in [-0.4, -0.2) is 53.8 Å². The van der Waals surface area contributed by atoms with Crippen LogP contribution in [0.15, 0.2) is 22.8 Å². The molecule has 1 atom stereocenters. The van der Waals surface area contributed by atoms with Crippen molar-refractivity contribution in [3.05, 3.63) is 24.2 Å². The summed E-state index contributed by atoms with van der Waals surface area (Å²) in [4.78, 5) is 26.8. The molecule has 0 aliphatic carbocycles. The highest BCUT2D eigenvalue weighted by atomic mass is 16.3. The Morgan fingerprint density at radius 2 is 2.00 bits per heavy atom. The molecule has 2 heterocycles. The zero-order chi connectivity index (χ0) is 13.1. The van der Waals surface area contributed by atoms with Crippen LogP contribution < -0.4 is 5.73 Å². The van der Waals surface area contributed by atoms with Gasteiger partial charge in [0.2, 0.25) is 5.91 Å². The molecule has 1 aliphatic heterocycles. The van der Waals surface area contributed by atoms with E-state index in [9.17, 15) is 9.59 Å². The lowest BCUT2D eigenvalue weighted by Gasteiger charge is -2.36. The van der Waals surface area contributed by atoms with E-state index in [2.05, 4.69) is 0 Å². The average Bonchev–Trinajstić information content (AvgIpc) is 2.91. The van der Waals surface area contributed by atoms with Crippen LogP contribution in [-0.2, 0) is 4.79 Å². The minimum atomic E-state index is -0.333. The summed E-state index contributed by atoms with van der Waals surface area (Å²) in [6, 6.07) is 3.06. The molecular weight excluding hydrogens is 234 g/mol. The maximum absolute atomic E-state index is 12.0. The number of furan rings is 1. The molecule has 1 unspecified atom stereocenters. The molecule has 0 radical (unpaired) electrons. The smallest absolute Gasteiger partial charge is 0.289 e. The van der Waals surface area contributed by atoms with E-state index in [4.69, 9.17) is 10.2 Å². The van der Waals surface area contributed by atoms with Gasteiger partial charge in [-0.3, -0.25) is 14.5 Å². The first kappa shape index (κ1) is 12.6. The van der Waals surface area contributed by atoms with Crippen LogP contribution in [0.2, 0.25) is 0 Å². The van der Waals surface area contributed by atoms with Gasteiger partial charge >= 0.3 is 0 Å². The third kappa shape index (κ3) is 2.53. The van der Waals surface area contributed by atoms with Gasteiger partial charge < -0.3 is 15.1 Å². The number of amides is 2. The van der Waals surface area contributed by atoms with Gasteiger partial charge in [-0.1, -0.05) is 0 Å². The Hall–Kier alpha value is -1.82. The van der Waals surface area contributed by atoms with Crippen LogP contribution in [0.3, 0.4) is 0 Å².